The lowest BCUT2D eigenvalue weighted by molar-refractivity contribution is -0.140. The standard InChI is InChI=1S/C22H15ClFNO4/c23-15-7-3-14(4-8-15)20(26)18-19(13-5-9-16(24)10-6-13)25(22(28)21(18)27)12-17-2-1-11-29-17/h1-11,19,26H,12H2. The molecule has 5 nitrogen and oxygen atoms in total. The van der Waals surface area contributed by atoms with Crippen molar-refractivity contribution in [3.8, 4) is 0 Å². The van der Waals surface area contributed by atoms with Crippen molar-refractivity contribution >= 4 is 29.1 Å². The summed E-state index contributed by atoms with van der Waals surface area (Å²) in [7, 11) is 0. The van der Waals surface area contributed by atoms with Crippen LogP contribution in [0.5, 0.6) is 0 Å². The average molecular weight is 412 g/mol. The Morgan fingerprint density at radius 3 is 2.38 bits per heavy atom. The number of hydrogen-bond acceptors (Lipinski definition) is 4. The fourth-order valence-electron chi connectivity index (χ4n) is 3.37. The normalized spacial score (nSPS) is 18.4. The SMILES string of the molecule is O=C1C(=O)N(Cc2ccco2)C(c2ccc(F)cc2)C1=C(O)c1ccc(Cl)cc1. The number of carbonyl (C=O) groups excluding carboxylic acids is 2. The van der Waals surface area contributed by atoms with Crippen LogP contribution in [0.1, 0.15) is 22.9 Å². The average Bonchev–Trinajstić information content (AvgIpc) is 3.31. The highest BCUT2D eigenvalue weighted by molar-refractivity contribution is 6.46. The van der Waals surface area contributed by atoms with Gasteiger partial charge in [-0.05, 0) is 54.1 Å². The predicted octanol–water partition coefficient (Wildman–Crippen LogP) is 4.69. The van der Waals surface area contributed by atoms with Gasteiger partial charge in [-0.3, -0.25) is 9.59 Å². The first kappa shape index (κ1) is 19.0. The van der Waals surface area contributed by atoms with Crippen molar-refractivity contribution < 1.29 is 23.5 Å². The Kier molecular flexibility index (Phi) is 4.94. The van der Waals surface area contributed by atoms with Crippen LogP contribution in [0, 0.1) is 5.82 Å². The molecule has 0 spiro atoms. The smallest absolute Gasteiger partial charge is 0.296 e. The van der Waals surface area contributed by atoms with E-state index in [2.05, 4.69) is 0 Å². The van der Waals surface area contributed by atoms with E-state index in [1.165, 1.54) is 35.4 Å². The summed E-state index contributed by atoms with van der Waals surface area (Å²) >= 11 is 5.90. The van der Waals surface area contributed by atoms with Crippen LogP contribution < -0.4 is 0 Å². The van der Waals surface area contributed by atoms with Crippen LogP contribution >= 0.6 is 11.6 Å². The number of hydrogen-bond donors (Lipinski definition) is 1. The molecule has 0 saturated carbocycles. The van der Waals surface area contributed by atoms with Crippen molar-refractivity contribution in [1.82, 2.24) is 4.90 Å². The third-order valence-corrected chi connectivity index (χ3v) is 5.00. The maximum absolute atomic E-state index is 13.5. The molecule has 1 aliphatic heterocycles. The van der Waals surface area contributed by atoms with Gasteiger partial charge in [-0.1, -0.05) is 23.7 Å². The molecule has 2 aromatic carbocycles. The molecule has 0 aliphatic carbocycles. The van der Waals surface area contributed by atoms with Crippen LogP contribution in [0.15, 0.2) is 76.9 Å². The highest BCUT2D eigenvalue weighted by Crippen LogP contribution is 2.40. The third-order valence-electron chi connectivity index (χ3n) is 4.75. The van der Waals surface area contributed by atoms with Crippen LogP contribution in [0.25, 0.3) is 5.76 Å². The van der Waals surface area contributed by atoms with Gasteiger partial charge >= 0.3 is 0 Å². The van der Waals surface area contributed by atoms with Gasteiger partial charge in [0, 0.05) is 10.6 Å². The first-order chi connectivity index (χ1) is 14.0. The van der Waals surface area contributed by atoms with Crippen molar-refractivity contribution in [2.75, 3.05) is 0 Å². The van der Waals surface area contributed by atoms with E-state index in [4.69, 9.17) is 16.0 Å². The van der Waals surface area contributed by atoms with Gasteiger partial charge in [-0.25, -0.2) is 4.39 Å². The van der Waals surface area contributed by atoms with Gasteiger partial charge in [-0.15, -0.1) is 0 Å². The van der Waals surface area contributed by atoms with Gasteiger partial charge in [0.2, 0.25) is 0 Å². The number of furan rings is 1. The van der Waals surface area contributed by atoms with Gasteiger partial charge in [-0.2, -0.15) is 0 Å². The van der Waals surface area contributed by atoms with Gasteiger partial charge < -0.3 is 14.4 Å². The minimum absolute atomic E-state index is 0.0248. The summed E-state index contributed by atoms with van der Waals surface area (Å²) < 4.78 is 18.8. The van der Waals surface area contributed by atoms with E-state index in [-0.39, 0.29) is 17.9 Å². The number of benzene rings is 2. The van der Waals surface area contributed by atoms with E-state index < -0.39 is 23.5 Å². The highest BCUT2D eigenvalue weighted by Gasteiger charge is 2.46. The van der Waals surface area contributed by atoms with Crippen LogP contribution in [0.4, 0.5) is 4.39 Å². The monoisotopic (exact) mass is 411 g/mol. The second-order valence-corrected chi connectivity index (χ2v) is 7.00. The summed E-state index contributed by atoms with van der Waals surface area (Å²) in [5, 5.41) is 11.3. The lowest BCUT2D eigenvalue weighted by atomic mass is 9.95. The molecule has 7 heteroatoms. The first-order valence-corrected chi connectivity index (χ1v) is 9.15. The summed E-state index contributed by atoms with van der Waals surface area (Å²) in [6, 6.07) is 14.2. The second-order valence-electron chi connectivity index (χ2n) is 6.56. The number of amides is 1. The molecular weight excluding hydrogens is 397 g/mol. The second kappa shape index (κ2) is 7.56. The minimum atomic E-state index is -0.892. The Balaban J connectivity index is 1.86. The predicted molar refractivity (Wildman–Crippen MR) is 104 cm³/mol. The number of carbonyl (C=O) groups is 2. The number of halogens is 2. The number of rotatable bonds is 4. The van der Waals surface area contributed by atoms with E-state index in [1.54, 1.807) is 36.4 Å². The minimum Gasteiger partial charge on any atom is -0.507 e. The Labute approximate surface area is 170 Å². The molecule has 1 N–H and O–H groups in total. The van der Waals surface area contributed by atoms with Gasteiger partial charge in [0.05, 0.1) is 24.4 Å². The topological polar surface area (TPSA) is 70.8 Å². The number of aliphatic hydroxyl groups excluding tert-OH is 1. The fourth-order valence-corrected chi connectivity index (χ4v) is 3.49. The first-order valence-electron chi connectivity index (χ1n) is 8.78. The molecule has 0 bridgehead atoms. The van der Waals surface area contributed by atoms with Crippen molar-refractivity contribution in [2.24, 2.45) is 0 Å². The molecule has 146 valence electrons. The lowest BCUT2D eigenvalue weighted by Crippen LogP contribution is -2.29. The molecule has 1 amide bonds. The quantitative estimate of drug-likeness (QED) is 0.384. The Morgan fingerprint density at radius 1 is 1.07 bits per heavy atom. The molecule has 1 aromatic heterocycles. The van der Waals surface area contributed by atoms with E-state index in [9.17, 15) is 19.1 Å². The molecule has 1 unspecified atom stereocenters. The number of likely N-dealkylation sites (tertiary alicyclic amines) is 1. The Morgan fingerprint density at radius 2 is 1.76 bits per heavy atom. The van der Waals surface area contributed by atoms with E-state index in [0.717, 1.165) is 0 Å². The maximum Gasteiger partial charge on any atom is 0.296 e. The van der Waals surface area contributed by atoms with Crippen molar-refractivity contribution in [3.63, 3.8) is 0 Å². The summed E-state index contributed by atoms with van der Waals surface area (Å²) in [6.45, 7) is 0.0248. The molecular formula is C22H15ClFNO4. The van der Waals surface area contributed by atoms with Crippen molar-refractivity contribution in [3.05, 3.63) is 100 Å². The Bertz CT molecular complexity index is 1090. The van der Waals surface area contributed by atoms with Crippen molar-refractivity contribution in [2.45, 2.75) is 12.6 Å². The molecule has 4 rings (SSSR count). The van der Waals surface area contributed by atoms with E-state index >= 15 is 0 Å². The van der Waals surface area contributed by atoms with Gasteiger partial charge in [0.1, 0.15) is 17.3 Å². The summed E-state index contributed by atoms with van der Waals surface area (Å²) in [5.74, 6) is -1.89. The number of aliphatic hydroxyl groups is 1. The van der Waals surface area contributed by atoms with Crippen LogP contribution in [-0.4, -0.2) is 21.7 Å². The molecule has 1 atom stereocenters. The molecule has 1 saturated heterocycles. The third kappa shape index (κ3) is 3.54. The molecule has 29 heavy (non-hydrogen) atoms. The lowest BCUT2D eigenvalue weighted by Gasteiger charge is -2.24. The fraction of sp³-hybridized carbons (Fsp3) is 0.0909. The zero-order valence-electron chi connectivity index (χ0n) is 15.0. The molecule has 1 fully saturated rings. The summed E-state index contributed by atoms with van der Waals surface area (Å²) in [4.78, 5) is 26.9. The van der Waals surface area contributed by atoms with Gasteiger partial charge in [0.25, 0.3) is 11.7 Å². The highest BCUT2D eigenvalue weighted by atomic mass is 35.5. The number of ketones is 1. The number of nitrogens with zero attached hydrogens (tertiary/aromatic N) is 1. The maximum atomic E-state index is 13.5. The number of Topliss-reactive ketones (excluding diaryl/α,β-unsaturated/α-hetero) is 1. The molecule has 2 heterocycles. The Hall–Kier alpha value is -3.38. The zero-order valence-corrected chi connectivity index (χ0v) is 15.8. The summed E-state index contributed by atoms with van der Waals surface area (Å²) in [6.07, 6.45) is 1.46. The molecule has 3 aromatic rings. The summed E-state index contributed by atoms with van der Waals surface area (Å²) in [5.41, 5.74) is 0.765. The van der Waals surface area contributed by atoms with Crippen LogP contribution in [-0.2, 0) is 16.1 Å². The van der Waals surface area contributed by atoms with Crippen LogP contribution in [0.3, 0.4) is 0 Å². The molecule has 1 aliphatic rings. The molecule has 0 radical (unpaired) electrons. The van der Waals surface area contributed by atoms with Crippen LogP contribution in [0.2, 0.25) is 5.02 Å². The zero-order chi connectivity index (χ0) is 20.5. The van der Waals surface area contributed by atoms with E-state index in [1.807, 2.05) is 0 Å². The largest absolute Gasteiger partial charge is 0.507 e. The van der Waals surface area contributed by atoms with Crippen molar-refractivity contribution in [1.29, 1.82) is 0 Å². The van der Waals surface area contributed by atoms with E-state index in [0.29, 0.717) is 21.9 Å². The van der Waals surface area contributed by atoms with Gasteiger partial charge in [0.15, 0.2) is 0 Å².